The van der Waals surface area contributed by atoms with Gasteiger partial charge in [-0.3, -0.25) is 0 Å². The van der Waals surface area contributed by atoms with E-state index in [4.69, 9.17) is 15.6 Å². The van der Waals surface area contributed by atoms with Crippen molar-refractivity contribution in [3.63, 3.8) is 0 Å². The molecular weight excluding hydrogens is 266 g/mol. The second kappa shape index (κ2) is 4.77. The smallest absolute Gasteiger partial charge is 0.162 e. The van der Waals surface area contributed by atoms with E-state index in [1.165, 1.54) is 0 Å². The molecule has 0 aromatic carbocycles. The van der Waals surface area contributed by atoms with Gasteiger partial charge in [-0.2, -0.15) is 0 Å². The van der Waals surface area contributed by atoms with Crippen LogP contribution < -0.4 is 16.4 Å². The molecule has 3 aliphatic heterocycles. The average Bonchev–Trinajstić information content (AvgIpc) is 2.93. The lowest BCUT2D eigenvalue weighted by Crippen LogP contribution is -2.47. The van der Waals surface area contributed by atoms with E-state index >= 15 is 0 Å². The van der Waals surface area contributed by atoms with Crippen LogP contribution in [-0.2, 0) is 4.74 Å². The Hall–Kier alpha value is -1.55. The Kier molecular flexibility index (Phi) is 3.21. The number of nitrogens with zero attached hydrogens (tertiary/aromatic N) is 2. The van der Waals surface area contributed by atoms with Crippen molar-refractivity contribution in [3.05, 3.63) is 11.5 Å². The van der Waals surface area contributed by atoms with E-state index in [2.05, 4.69) is 15.6 Å². The first-order valence-electron chi connectivity index (χ1n) is 6.50. The summed E-state index contributed by atoms with van der Waals surface area (Å²) in [6.45, 7) is 1.87. The summed E-state index contributed by atoms with van der Waals surface area (Å²) in [6.07, 6.45) is -3.98. The van der Waals surface area contributed by atoms with Gasteiger partial charge in [-0.15, -0.1) is 0 Å². The third kappa shape index (κ3) is 1.90. The number of aliphatic hydroxyl groups excluding tert-OH is 3. The maximum absolute atomic E-state index is 10.1. The molecule has 3 heterocycles. The van der Waals surface area contributed by atoms with Crippen molar-refractivity contribution < 1.29 is 20.1 Å². The Balaban J connectivity index is 1.84. The van der Waals surface area contributed by atoms with Gasteiger partial charge in [0.05, 0.1) is 13.3 Å². The fourth-order valence-corrected chi connectivity index (χ4v) is 2.70. The summed E-state index contributed by atoms with van der Waals surface area (Å²) >= 11 is 0. The van der Waals surface area contributed by atoms with Crippen molar-refractivity contribution >= 4 is 5.84 Å². The summed E-state index contributed by atoms with van der Waals surface area (Å²) < 4.78 is 5.52. The first kappa shape index (κ1) is 13.4. The largest absolute Gasteiger partial charge is 0.394 e. The molecule has 9 heteroatoms. The van der Waals surface area contributed by atoms with Gasteiger partial charge in [0.25, 0.3) is 0 Å². The summed E-state index contributed by atoms with van der Waals surface area (Å²) in [5.41, 5.74) is 6.51. The highest BCUT2D eigenvalue weighted by atomic mass is 16.6. The van der Waals surface area contributed by atoms with Crippen LogP contribution in [0, 0.1) is 0 Å². The SMILES string of the molecule is CC1N=C(N)C2=C(N1)N([C@@H]1O[C@H](CO)C(O)C1O)CN2. The monoisotopic (exact) mass is 285 g/mol. The molecule has 9 nitrogen and oxygen atoms in total. The standard InChI is InChI=1S/C11H19N5O4/c1-4-14-9(12)6-10(15-4)16(3-13-6)11-8(19)7(18)5(2-17)20-11/h4-5,7-8,11,13,15,17-19H,2-3H2,1H3,(H2,12,14)/t4?,5-,7?,8?,11-/m1/s1. The predicted molar refractivity (Wildman–Crippen MR) is 68.8 cm³/mol. The van der Waals surface area contributed by atoms with Crippen LogP contribution in [0.5, 0.6) is 0 Å². The number of aliphatic imine (C=N–C) groups is 1. The first-order valence-corrected chi connectivity index (χ1v) is 6.50. The second-order valence-corrected chi connectivity index (χ2v) is 5.09. The quantitative estimate of drug-likeness (QED) is 0.312. The number of nitrogens with two attached hydrogens (primary N) is 1. The molecule has 7 N–H and O–H groups in total. The Morgan fingerprint density at radius 2 is 2.20 bits per heavy atom. The molecule has 1 saturated heterocycles. The van der Waals surface area contributed by atoms with Gasteiger partial charge in [0.15, 0.2) is 6.23 Å². The number of nitrogens with one attached hydrogen (secondary N) is 2. The van der Waals surface area contributed by atoms with Gasteiger partial charge in [0, 0.05) is 0 Å². The Morgan fingerprint density at radius 3 is 2.85 bits per heavy atom. The van der Waals surface area contributed by atoms with E-state index in [1.54, 1.807) is 4.90 Å². The number of hydrogen-bond acceptors (Lipinski definition) is 9. The lowest BCUT2D eigenvalue weighted by Gasteiger charge is -2.31. The van der Waals surface area contributed by atoms with Crippen molar-refractivity contribution in [3.8, 4) is 0 Å². The van der Waals surface area contributed by atoms with Gasteiger partial charge >= 0.3 is 0 Å². The van der Waals surface area contributed by atoms with E-state index < -0.39 is 24.5 Å². The van der Waals surface area contributed by atoms with Crippen LogP contribution in [0.4, 0.5) is 0 Å². The van der Waals surface area contributed by atoms with Crippen molar-refractivity contribution in [2.24, 2.45) is 10.7 Å². The van der Waals surface area contributed by atoms with E-state index in [0.29, 0.717) is 24.0 Å². The topological polar surface area (TPSA) is 136 Å². The van der Waals surface area contributed by atoms with E-state index in [9.17, 15) is 10.2 Å². The summed E-state index contributed by atoms with van der Waals surface area (Å²) in [5.74, 6) is 1.07. The molecule has 0 saturated carbocycles. The second-order valence-electron chi connectivity index (χ2n) is 5.09. The molecule has 5 atom stereocenters. The summed E-state index contributed by atoms with van der Waals surface area (Å²) in [5, 5.41) is 35.2. The Morgan fingerprint density at radius 1 is 1.45 bits per heavy atom. The highest BCUT2D eigenvalue weighted by Gasteiger charge is 2.47. The van der Waals surface area contributed by atoms with Gasteiger partial charge in [-0.25, -0.2) is 4.99 Å². The molecular formula is C11H19N5O4. The highest BCUT2D eigenvalue weighted by molar-refractivity contribution is 5.98. The Bertz CT molecular complexity index is 468. The fraction of sp³-hybridized carbons (Fsp3) is 0.727. The molecule has 0 aliphatic carbocycles. The van der Waals surface area contributed by atoms with Gasteiger partial charge in [-0.05, 0) is 6.92 Å². The van der Waals surface area contributed by atoms with Crippen molar-refractivity contribution in [2.75, 3.05) is 13.3 Å². The van der Waals surface area contributed by atoms with E-state index in [1.807, 2.05) is 6.92 Å². The van der Waals surface area contributed by atoms with E-state index in [0.717, 1.165) is 0 Å². The van der Waals surface area contributed by atoms with Gasteiger partial charge < -0.3 is 41.3 Å². The van der Waals surface area contributed by atoms with Gasteiger partial charge in [0.1, 0.15) is 41.8 Å². The zero-order valence-electron chi connectivity index (χ0n) is 11.0. The molecule has 0 amide bonds. The molecule has 0 aromatic rings. The van der Waals surface area contributed by atoms with Crippen LogP contribution in [0.2, 0.25) is 0 Å². The Labute approximate surface area is 115 Å². The molecule has 0 aromatic heterocycles. The molecule has 20 heavy (non-hydrogen) atoms. The molecule has 0 radical (unpaired) electrons. The van der Waals surface area contributed by atoms with Crippen molar-refractivity contribution in [1.29, 1.82) is 0 Å². The minimum Gasteiger partial charge on any atom is -0.394 e. The molecule has 3 unspecified atom stereocenters. The lowest BCUT2D eigenvalue weighted by molar-refractivity contribution is -0.0845. The van der Waals surface area contributed by atoms with Crippen LogP contribution in [0.1, 0.15) is 6.92 Å². The average molecular weight is 285 g/mol. The number of aliphatic hydroxyl groups is 3. The minimum absolute atomic E-state index is 0.187. The summed E-state index contributed by atoms with van der Waals surface area (Å²) in [4.78, 5) is 5.93. The maximum Gasteiger partial charge on any atom is 0.162 e. The molecule has 112 valence electrons. The molecule has 0 spiro atoms. The minimum atomic E-state index is -1.12. The van der Waals surface area contributed by atoms with Crippen molar-refractivity contribution in [1.82, 2.24) is 15.5 Å². The zero-order chi connectivity index (χ0) is 14.4. The lowest BCUT2D eigenvalue weighted by atomic mass is 10.1. The summed E-state index contributed by atoms with van der Waals surface area (Å²) in [7, 11) is 0. The van der Waals surface area contributed by atoms with Crippen LogP contribution in [0.3, 0.4) is 0 Å². The number of amidine groups is 1. The highest BCUT2D eigenvalue weighted by Crippen LogP contribution is 2.29. The number of ether oxygens (including phenoxy) is 1. The number of hydrogen-bond donors (Lipinski definition) is 6. The fourth-order valence-electron chi connectivity index (χ4n) is 2.70. The summed E-state index contributed by atoms with van der Waals surface area (Å²) in [6, 6.07) is 0. The molecule has 3 rings (SSSR count). The van der Waals surface area contributed by atoms with Crippen LogP contribution in [0.15, 0.2) is 16.5 Å². The third-order valence-electron chi connectivity index (χ3n) is 3.71. The van der Waals surface area contributed by atoms with Gasteiger partial charge in [0.2, 0.25) is 0 Å². The maximum atomic E-state index is 10.1. The van der Waals surface area contributed by atoms with Gasteiger partial charge in [-0.1, -0.05) is 0 Å². The molecule has 3 aliphatic rings. The third-order valence-corrected chi connectivity index (χ3v) is 3.71. The van der Waals surface area contributed by atoms with Crippen LogP contribution >= 0.6 is 0 Å². The van der Waals surface area contributed by atoms with Crippen LogP contribution in [0.25, 0.3) is 0 Å². The van der Waals surface area contributed by atoms with Crippen molar-refractivity contribution in [2.45, 2.75) is 37.6 Å². The molecule has 0 bridgehead atoms. The van der Waals surface area contributed by atoms with E-state index in [-0.39, 0.29) is 12.8 Å². The normalized spacial score (nSPS) is 40.3. The predicted octanol–water partition coefficient (Wildman–Crippen LogP) is -3.24. The number of rotatable bonds is 2. The first-order chi connectivity index (χ1) is 9.52. The van der Waals surface area contributed by atoms with Crippen LogP contribution in [-0.4, -0.2) is 70.0 Å². The zero-order valence-corrected chi connectivity index (χ0v) is 11.0. The molecule has 1 fully saturated rings.